The van der Waals surface area contributed by atoms with Crippen LogP contribution in [0.1, 0.15) is 17.3 Å². The minimum atomic E-state index is -0.650. The van der Waals surface area contributed by atoms with E-state index in [4.69, 9.17) is 5.11 Å². The average molecular weight is 263 g/mol. The molecular formula is C12H13N3O4. The Morgan fingerprint density at radius 1 is 1.58 bits per heavy atom. The molecule has 1 amide bonds. The first kappa shape index (κ1) is 13.0. The molecular weight excluding hydrogens is 250 g/mol. The van der Waals surface area contributed by atoms with Gasteiger partial charge in [-0.2, -0.15) is 0 Å². The van der Waals surface area contributed by atoms with Gasteiger partial charge < -0.3 is 15.4 Å². The van der Waals surface area contributed by atoms with Crippen molar-refractivity contribution in [3.8, 4) is 0 Å². The van der Waals surface area contributed by atoms with Gasteiger partial charge in [0.2, 0.25) is 0 Å². The topological polar surface area (TPSA) is 108 Å². The number of hydrogen-bond acceptors (Lipinski definition) is 4. The zero-order valence-corrected chi connectivity index (χ0v) is 10.2. The number of nitro benzene ring substituents is 1. The normalized spacial score (nSPS) is 12.3. The lowest BCUT2D eigenvalue weighted by molar-refractivity contribution is -0.384. The zero-order chi connectivity index (χ0) is 14.0. The average Bonchev–Trinajstić information content (AvgIpc) is 2.78. The molecule has 1 aromatic heterocycles. The quantitative estimate of drug-likeness (QED) is 0.568. The van der Waals surface area contributed by atoms with Crippen molar-refractivity contribution < 1.29 is 14.8 Å². The summed E-state index contributed by atoms with van der Waals surface area (Å²) in [4.78, 5) is 25.0. The summed E-state index contributed by atoms with van der Waals surface area (Å²) in [5.41, 5.74) is 0.892. The van der Waals surface area contributed by atoms with E-state index in [-0.39, 0.29) is 18.1 Å². The van der Waals surface area contributed by atoms with Crippen molar-refractivity contribution in [2.75, 3.05) is 6.54 Å². The predicted octanol–water partition coefficient (Wildman–Crippen LogP) is 1.19. The number of aromatic nitrogens is 1. The molecule has 3 N–H and O–H groups in total. The first-order valence-electron chi connectivity index (χ1n) is 5.71. The SMILES string of the molecule is CC(O)CNC(=O)c1c[nH]c2ccc([N+](=O)[O-])cc12. The highest BCUT2D eigenvalue weighted by Crippen LogP contribution is 2.23. The Bertz CT molecular complexity index is 633. The summed E-state index contributed by atoms with van der Waals surface area (Å²) >= 11 is 0. The van der Waals surface area contributed by atoms with Crippen LogP contribution in [0.15, 0.2) is 24.4 Å². The molecule has 1 aromatic carbocycles. The van der Waals surface area contributed by atoms with Crippen molar-refractivity contribution in [3.05, 3.63) is 40.1 Å². The number of rotatable bonds is 4. The maximum Gasteiger partial charge on any atom is 0.270 e. The summed E-state index contributed by atoms with van der Waals surface area (Å²) in [6.07, 6.45) is 0.842. The number of aliphatic hydroxyl groups excluding tert-OH is 1. The van der Waals surface area contributed by atoms with Crippen LogP contribution in [0.2, 0.25) is 0 Å². The molecule has 0 bridgehead atoms. The molecule has 1 unspecified atom stereocenters. The number of carbonyl (C=O) groups is 1. The molecule has 7 nitrogen and oxygen atoms in total. The Labute approximate surface area is 108 Å². The third-order valence-corrected chi connectivity index (χ3v) is 2.68. The number of aromatic amines is 1. The molecule has 0 aliphatic carbocycles. The number of H-pyrrole nitrogens is 1. The van der Waals surface area contributed by atoms with Crippen LogP contribution in [-0.4, -0.2) is 33.6 Å². The van der Waals surface area contributed by atoms with Gasteiger partial charge in [-0.1, -0.05) is 0 Å². The minimum Gasteiger partial charge on any atom is -0.392 e. The molecule has 100 valence electrons. The zero-order valence-electron chi connectivity index (χ0n) is 10.2. The summed E-state index contributed by atoms with van der Waals surface area (Å²) in [5, 5.41) is 22.9. The molecule has 0 spiro atoms. The fourth-order valence-electron chi connectivity index (χ4n) is 1.75. The van der Waals surface area contributed by atoms with Gasteiger partial charge in [-0.25, -0.2) is 0 Å². The first-order valence-corrected chi connectivity index (χ1v) is 5.71. The van der Waals surface area contributed by atoms with E-state index in [0.717, 1.165) is 0 Å². The lowest BCUT2D eigenvalue weighted by Gasteiger charge is -2.06. The number of nitrogens with one attached hydrogen (secondary N) is 2. The fraction of sp³-hybridized carbons (Fsp3) is 0.250. The molecule has 1 atom stereocenters. The third kappa shape index (κ3) is 2.71. The smallest absolute Gasteiger partial charge is 0.270 e. The van der Waals surface area contributed by atoms with E-state index in [1.807, 2.05) is 0 Å². The molecule has 2 aromatic rings. The van der Waals surface area contributed by atoms with Gasteiger partial charge in [-0.15, -0.1) is 0 Å². The second-order valence-electron chi connectivity index (χ2n) is 4.25. The number of benzene rings is 1. The molecule has 0 aliphatic rings. The van der Waals surface area contributed by atoms with Crippen molar-refractivity contribution in [1.29, 1.82) is 0 Å². The summed E-state index contributed by atoms with van der Waals surface area (Å²) in [5.74, 6) is -0.382. The number of nitrogens with zero attached hydrogens (tertiary/aromatic N) is 1. The lowest BCUT2D eigenvalue weighted by Crippen LogP contribution is -2.30. The summed E-state index contributed by atoms with van der Waals surface area (Å²) in [6, 6.07) is 4.28. The Balaban J connectivity index is 2.35. The van der Waals surface area contributed by atoms with Crippen LogP contribution >= 0.6 is 0 Å². The first-order chi connectivity index (χ1) is 8.99. The number of non-ortho nitro benzene ring substituents is 1. The molecule has 0 fully saturated rings. The van der Waals surface area contributed by atoms with Gasteiger partial charge in [-0.3, -0.25) is 14.9 Å². The molecule has 1 heterocycles. The second kappa shape index (κ2) is 5.07. The van der Waals surface area contributed by atoms with E-state index in [1.54, 1.807) is 13.0 Å². The standard InChI is InChI=1S/C12H13N3O4/c1-7(16)5-14-12(17)10-6-13-11-3-2-8(15(18)19)4-9(10)11/h2-4,6-7,13,16H,5H2,1H3,(H,14,17). The lowest BCUT2D eigenvalue weighted by atomic mass is 10.1. The Morgan fingerprint density at radius 3 is 2.95 bits per heavy atom. The van der Waals surface area contributed by atoms with Crippen molar-refractivity contribution in [2.45, 2.75) is 13.0 Å². The monoisotopic (exact) mass is 263 g/mol. The van der Waals surface area contributed by atoms with Crippen LogP contribution in [0.3, 0.4) is 0 Å². The number of carbonyl (C=O) groups excluding carboxylic acids is 1. The second-order valence-corrected chi connectivity index (χ2v) is 4.25. The van der Waals surface area contributed by atoms with Crippen molar-refractivity contribution >= 4 is 22.5 Å². The van der Waals surface area contributed by atoms with E-state index in [1.165, 1.54) is 18.3 Å². The van der Waals surface area contributed by atoms with Gasteiger partial charge >= 0.3 is 0 Å². The highest BCUT2D eigenvalue weighted by Gasteiger charge is 2.15. The molecule has 19 heavy (non-hydrogen) atoms. The molecule has 0 radical (unpaired) electrons. The van der Waals surface area contributed by atoms with E-state index in [0.29, 0.717) is 16.5 Å². The van der Waals surface area contributed by atoms with Gasteiger partial charge in [0.25, 0.3) is 11.6 Å². The molecule has 7 heteroatoms. The van der Waals surface area contributed by atoms with Crippen LogP contribution in [-0.2, 0) is 0 Å². The van der Waals surface area contributed by atoms with Crippen LogP contribution in [0.5, 0.6) is 0 Å². The predicted molar refractivity (Wildman–Crippen MR) is 69.0 cm³/mol. The largest absolute Gasteiger partial charge is 0.392 e. The number of hydrogen-bond donors (Lipinski definition) is 3. The fourth-order valence-corrected chi connectivity index (χ4v) is 1.75. The summed E-state index contributed by atoms with van der Waals surface area (Å²) in [6.45, 7) is 1.68. The van der Waals surface area contributed by atoms with Crippen molar-refractivity contribution in [2.24, 2.45) is 0 Å². The van der Waals surface area contributed by atoms with E-state index in [9.17, 15) is 14.9 Å². The number of aliphatic hydroxyl groups is 1. The van der Waals surface area contributed by atoms with Gasteiger partial charge in [0, 0.05) is 35.8 Å². The highest BCUT2D eigenvalue weighted by molar-refractivity contribution is 6.07. The van der Waals surface area contributed by atoms with Gasteiger partial charge in [0.15, 0.2) is 0 Å². The number of fused-ring (bicyclic) bond motifs is 1. The van der Waals surface area contributed by atoms with E-state index < -0.39 is 11.0 Å². The van der Waals surface area contributed by atoms with Crippen LogP contribution < -0.4 is 5.32 Å². The maximum absolute atomic E-state index is 11.9. The maximum atomic E-state index is 11.9. The number of nitro groups is 1. The Morgan fingerprint density at radius 2 is 2.32 bits per heavy atom. The van der Waals surface area contributed by atoms with Gasteiger partial charge in [0.1, 0.15) is 0 Å². The molecule has 0 aliphatic heterocycles. The third-order valence-electron chi connectivity index (χ3n) is 2.68. The Kier molecular flexibility index (Phi) is 3.48. The van der Waals surface area contributed by atoms with Crippen molar-refractivity contribution in [1.82, 2.24) is 10.3 Å². The van der Waals surface area contributed by atoms with E-state index in [2.05, 4.69) is 10.3 Å². The van der Waals surface area contributed by atoms with Crippen molar-refractivity contribution in [3.63, 3.8) is 0 Å². The van der Waals surface area contributed by atoms with E-state index >= 15 is 0 Å². The van der Waals surface area contributed by atoms with Gasteiger partial charge in [0.05, 0.1) is 16.6 Å². The van der Waals surface area contributed by atoms with Crippen LogP contribution in [0.4, 0.5) is 5.69 Å². The minimum absolute atomic E-state index is 0.0725. The number of amides is 1. The summed E-state index contributed by atoms with van der Waals surface area (Å²) in [7, 11) is 0. The van der Waals surface area contributed by atoms with Gasteiger partial charge in [-0.05, 0) is 13.0 Å². The summed E-state index contributed by atoms with van der Waals surface area (Å²) < 4.78 is 0. The molecule has 0 saturated heterocycles. The molecule has 0 saturated carbocycles. The molecule has 2 rings (SSSR count). The Hall–Kier alpha value is -2.41. The van der Waals surface area contributed by atoms with Crippen LogP contribution in [0, 0.1) is 10.1 Å². The highest BCUT2D eigenvalue weighted by atomic mass is 16.6. The van der Waals surface area contributed by atoms with Crippen LogP contribution in [0.25, 0.3) is 10.9 Å².